The van der Waals surface area contributed by atoms with Crippen LogP contribution in [0.5, 0.6) is 0 Å². The van der Waals surface area contributed by atoms with Gasteiger partial charge in [-0.05, 0) is 12.5 Å². The minimum atomic E-state index is -0.910. The molecule has 0 unspecified atom stereocenters. The van der Waals surface area contributed by atoms with Crippen LogP contribution in [0.4, 0.5) is 0 Å². The van der Waals surface area contributed by atoms with Gasteiger partial charge in [-0.1, -0.05) is 35.9 Å². The lowest BCUT2D eigenvalue weighted by molar-refractivity contribution is -0.131. The molecule has 0 amide bonds. The number of aryl methyl sites for hydroxylation is 1. The average Bonchev–Trinajstić information content (AvgIpc) is 2.17. The van der Waals surface area contributed by atoms with E-state index in [4.69, 9.17) is 5.11 Å². The molecule has 2 N–H and O–H groups in total. The summed E-state index contributed by atoms with van der Waals surface area (Å²) in [6.07, 6.45) is 2.74. The van der Waals surface area contributed by atoms with Gasteiger partial charge < -0.3 is 10.4 Å². The highest BCUT2D eigenvalue weighted by Gasteiger charge is 1.91. The van der Waals surface area contributed by atoms with Gasteiger partial charge in [-0.2, -0.15) is 0 Å². The maximum Gasteiger partial charge on any atom is 0.328 e. The van der Waals surface area contributed by atoms with Crippen LogP contribution in [0.2, 0.25) is 0 Å². The van der Waals surface area contributed by atoms with Crippen LogP contribution in [-0.2, 0) is 11.3 Å². The highest BCUT2D eigenvalue weighted by molar-refractivity contribution is 5.79. The molecule has 0 bridgehead atoms. The first-order valence-electron chi connectivity index (χ1n) is 4.84. The molecule has 0 aliphatic rings. The minimum absolute atomic E-state index is 0.570. The van der Waals surface area contributed by atoms with Crippen molar-refractivity contribution in [2.75, 3.05) is 6.54 Å². The number of carboxylic acid groups (broad SMARTS) is 1. The van der Waals surface area contributed by atoms with Gasteiger partial charge in [-0.25, -0.2) is 4.79 Å². The SMILES string of the molecule is Cc1cccc(CNC/C=C/C(=O)O)c1. The quantitative estimate of drug-likeness (QED) is 0.568. The van der Waals surface area contributed by atoms with Crippen LogP contribution in [0.25, 0.3) is 0 Å². The fourth-order valence-electron chi connectivity index (χ4n) is 1.28. The van der Waals surface area contributed by atoms with E-state index in [-0.39, 0.29) is 0 Å². The molecule has 3 heteroatoms. The number of benzene rings is 1. The molecule has 80 valence electrons. The molecule has 1 aromatic rings. The first-order valence-corrected chi connectivity index (χ1v) is 4.84. The molecular weight excluding hydrogens is 190 g/mol. The summed E-state index contributed by atoms with van der Waals surface area (Å²) < 4.78 is 0. The van der Waals surface area contributed by atoms with E-state index in [0.717, 1.165) is 12.6 Å². The molecule has 15 heavy (non-hydrogen) atoms. The molecule has 0 saturated heterocycles. The third-order valence-electron chi connectivity index (χ3n) is 1.93. The van der Waals surface area contributed by atoms with Crippen LogP contribution in [0.15, 0.2) is 36.4 Å². The molecule has 1 rings (SSSR count). The molecule has 3 nitrogen and oxygen atoms in total. The van der Waals surface area contributed by atoms with Gasteiger partial charge in [0.25, 0.3) is 0 Å². The van der Waals surface area contributed by atoms with Crippen LogP contribution < -0.4 is 5.32 Å². The number of carbonyl (C=O) groups is 1. The molecule has 0 saturated carbocycles. The van der Waals surface area contributed by atoms with E-state index >= 15 is 0 Å². The van der Waals surface area contributed by atoms with Crippen molar-refractivity contribution < 1.29 is 9.90 Å². The van der Waals surface area contributed by atoms with Gasteiger partial charge in [0.1, 0.15) is 0 Å². The summed E-state index contributed by atoms with van der Waals surface area (Å²) in [6, 6.07) is 8.21. The maximum atomic E-state index is 10.2. The van der Waals surface area contributed by atoms with Crippen molar-refractivity contribution in [1.82, 2.24) is 5.32 Å². The summed E-state index contributed by atoms with van der Waals surface area (Å²) in [4.78, 5) is 10.2. The maximum absolute atomic E-state index is 10.2. The Bertz CT molecular complexity index is 358. The zero-order valence-corrected chi connectivity index (χ0v) is 8.73. The first-order chi connectivity index (χ1) is 7.18. The number of hydrogen-bond acceptors (Lipinski definition) is 2. The summed E-state index contributed by atoms with van der Waals surface area (Å²) in [5.74, 6) is -0.910. The smallest absolute Gasteiger partial charge is 0.328 e. The zero-order valence-electron chi connectivity index (χ0n) is 8.73. The topological polar surface area (TPSA) is 49.3 Å². The molecular formula is C12H15NO2. The Balaban J connectivity index is 2.29. The summed E-state index contributed by atoms with van der Waals surface area (Å²) in [5, 5.41) is 11.5. The number of hydrogen-bond donors (Lipinski definition) is 2. The lowest BCUT2D eigenvalue weighted by Gasteiger charge is -2.02. The lowest BCUT2D eigenvalue weighted by atomic mass is 10.1. The van der Waals surface area contributed by atoms with E-state index in [1.807, 2.05) is 25.1 Å². The summed E-state index contributed by atoms with van der Waals surface area (Å²) in [5.41, 5.74) is 2.44. The molecule has 0 aromatic heterocycles. The average molecular weight is 205 g/mol. The molecule has 0 spiro atoms. The normalized spacial score (nSPS) is 10.7. The largest absolute Gasteiger partial charge is 0.478 e. The van der Waals surface area contributed by atoms with Crippen molar-refractivity contribution >= 4 is 5.97 Å². The minimum Gasteiger partial charge on any atom is -0.478 e. The van der Waals surface area contributed by atoms with E-state index < -0.39 is 5.97 Å². The molecule has 0 heterocycles. The van der Waals surface area contributed by atoms with Gasteiger partial charge in [0.2, 0.25) is 0 Å². The summed E-state index contributed by atoms with van der Waals surface area (Å²) in [6.45, 7) is 3.37. The fraction of sp³-hybridized carbons (Fsp3) is 0.250. The Morgan fingerprint density at radius 3 is 3.00 bits per heavy atom. The second kappa shape index (κ2) is 5.98. The van der Waals surface area contributed by atoms with E-state index in [1.165, 1.54) is 11.1 Å². The van der Waals surface area contributed by atoms with Gasteiger partial charge in [0.15, 0.2) is 0 Å². The van der Waals surface area contributed by atoms with Crippen LogP contribution >= 0.6 is 0 Å². The van der Waals surface area contributed by atoms with Crippen molar-refractivity contribution in [2.24, 2.45) is 0 Å². The van der Waals surface area contributed by atoms with E-state index in [0.29, 0.717) is 6.54 Å². The monoisotopic (exact) mass is 205 g/mol. The van der Waals surface area contributed by atoms with Gasteiger partial charge in [-0.15, -0.1) is 0 Å². The van der Waals surface area contributed by atoms with E-state index in [1.54, 1.807) is 6.08 Å². The second-order valence-electron chi connectivity index (χ2n) is 3.36. The third-order valence-corrected chi connectivity index (χ3v) is 1.93. The third kappa shape index (κ3) is 4.98. The highest BCUT2D eigenvalue weighted by Crippen LogP contribution is 2.02. The Kier molecular flexibility index (Phi) is 4.57. The molecule has 0 aliphatic carbocycles. The Morgan fingerprint density at radius 1 is 1.53 bits per heavy atom. The second-order valence-corrected chi connectivity index (χ2v) is 3.36. The van der Waals surface area contributed by atoms with Gasteiger partial charge in [0, 0.05) is 19.2 Å². The number of carboxylic acids is 1. The Morgan fingerprint density at radius 2 is 2.33 bits per heavy atom. The van der Waals surface area contributed by atoms with Crippen molar-refractivity contribution in [1.29, 1.82) is 0 Å². The number of nitrogens with one attached hydrogen (secondary N) is 1. The zero-order chi connectivity index (χ0) is 11.1. The Labute approximate surface area is 89.4 Å². The predicted molar refractivity (Wildman–Crippen MR) is 59.7 cm³/mol. The van der Waals surface area contributed by atoms with Crippen LogP contribution in [0, 0.1) is 6.92 Å². The molecule has 0 fully saturated rings. The van der Waals surface area contributed by atoms with Crippen molar-refractivity contribution in [3.05, 3.63) is 47.5 Å². The standard InChI is InChI=1S/C12H15NO2/c1-10-4-2-5-11(8-10)9-13-7-3-6-12(14)15/h2-6,8,13H,7,9H2,1H3,(H,14,15)/b6-3+. The summed E-state index contributed by atoms with van der Waals surface area (Å²) >= 11 is 0. The van der Waals surface area contributed by atoms with Crippen molar-refractivity contribution in [3.8, 4) is 0 Å². The molecule has 1 aromatic carbocycles. The predicted octanol–water partition coefficient (Wildman–Crippen LogP) is 1.73. The molecule has 0 radical (unpaired) electrons. The number of rotatable bonds is 5. The highest BCUT2D eigenvalue weighted by atomic mass is 16.4. The summed E-state index contributed by atoms with van der Waals surface area (Å²) in [7, 11) is 0. The van der Waals surface area contributed by atoms with Gasteiger partial charge in [0.05, 0.1) is 0 Å². The van der Waals surface area contributed by atoms with Gasteiger partial charge in [-0.3, -0.25) is 0 Å². The van der Waals surface area contributed by atoms with Crippen LogP contribution in [-0.4, -0.2) is 17.6 Å². The van der Waals surface area contributed by atoms with Gasteiger partial charge >= 0.3 is 5.97 Å². The first kappa shape index (κ1) is 11.5. The fourth-order valence-corrected chi connectivity index (χ4v) is 1.28. The van der Waals surface area contributed by atoms with E-state index in [2.05, 4.69) is 11.4 Å². The number of aliphatic carboxylic acids is 1. The van der Waals surface area contributed by atoms with Crippen LogP contribution in [0.1, 0.15) is 11.1 Å². The molecule has 0 atom stereocenters. The lowest BCUT2D eigenvalue weighted by Crippen LogP contribution is -2.13. The van der Waals surface area contributed by atoms with Crippen LogP contribution in [0.3, 0.4) is 0 Å². The Hall–Kier alpha value is -1.61. The van der Waals surface area contributed by atoms with Crippen molar-refractivity contribution in [2.45, 2.75) is 13.5 Å². The van der Waals surface area contributed by atoms with E-state index in [9.17, 15) is 4.79 Å². The molecule has 0 aliphatic heterocycles. The van der Waals surface area contributed by atoms with Crippen molar-refractivity contribution in [3.63, 3.8) is 0 Å².